The van der Waals surface area contributed by atoms with Crippen LogP contribution < -0.4 is 0 Å². The molecule has 0 amide bonds. The molecule has 0 aliphatic heterocycles. The zero-order valence-electron chi connectivity index (χ0n) is 9.61. The standard InChI is InChI=1S/C11H18N2O3/c1-2-3-4-5-6-7-8-9-12-13-10(16-9)11(14)15/h2-8H2,1H3,(H,14,15). The molecular weight excluding hydrogens is 208 g/mol. The Hall–Kier alpha value is -1.39. The van der Waals surface area contributed by atoms with E-state index in [1.165, 1.54) is 25.7 Å². The number of hydrogen-bond donors (Lipinski definition) is 1. The number of aromatic carboxylic acids is 1. The van der Waals surface area contributed by atoms with Gasteiger partial charge in [0, 0.05) is 6.42 Å². The summed E-state index contributed by atoms with van der Waals surface area (Å²) in [6.45, 7) is 2.19. The Morgan fingerprint density at radius 3 is 2.50 bits per heavy atom. The first kappa shape index (κ1) is 12.7. The van der Waals surface area contributed by atoms with E-state index in [1.807, 2.05) is 0 Å². The zero-order chi connectivity index (χ0) is 11.8. The van der Waals surface area contributed by atoms with Gasteiger partial charge in [0.15, 0.2) is 0 Å². The fraction of sp³-hybridized carbons (Fsp3) is 0.727. The molecule has 0 aliphatic carbocycles. The van der Waals surface area contributed by atoms with Crippen LogP contribution in [0, 0.1) is 0 Å². The molecule has 1 aromatic rings. The molecule has 1 heterocycles. The van der Waals surface area contributed by atoms with E-state index < -0.39 is 5.97 Å². The van der Waals surface area contributed by atoms with Crippen molar-refractivity contribution < 1.29 is 14.3 Å². The van der Waals surface area contributed by atoms with Crippen LogP contribution in [0.3, 0.4) is 0 Å². The number of rotatable bonds is 8. The summed E-state index contributed by atoms with van der Waals surface area (Å²) in [7, 11) is 0. The Morgan fingerprint density at radius 2 is 1.88 bits per heavy atom. The molecular formula is C11H18N2O3. The van der Waals surface area contributed by atoms with Crippen molar-refractivity contribution in [1.82, 2.24) is 10.2 Å². The first-order chi connectivity index (χ1) is 7.74. The molecule has 1 rings (SSSR count). The van der Waals surface area contributed by atoms with Gasteiger partial charge in [-0.15, -0.1) is 10.2 Å². The zero-order valence-corrected chi connectivity index (χ0v) is 9.61. The minimum Gasteiger partial charge on any atom is -0.474 e. The van der Waals surface area contributed by atoms with Crippen molar-refractivity contribution in [2.75, 3.05) is 0 Å². The molecule has 0 aliphatic rings. The molecule has 0 bridgehead atoms. The fourth-order valence-electron chi connectivity index (χ4n) is 1.50. The van der Waals surface area contributed by atoms with Gasteiger partial charge in [0.05, 0.1) is 0 Å². The molecule has 0 unspecified atom stereocenters. The van der Waals surface area contributed by atoms with Gasteiger partial charge in [0.1, 0.15) is 0 Å². The number of carbonyl (C=O) groups is 1. The van der Waals surface area contributed by atoms with E-state index in [-0.39, 0.29) is 5.89 Å². The maximum atomic E-state index is 10.5. The number of unbranched alkanes of at least 4 members (excludes halogenated alkanes) is 5. The Morgan fingerprint density at radius 1 is 1.19 bits per heavy atom. The van der Waals surface area contributed by atoms with Gasteiger partial charge in [-0.05, 0) is 6.42 Å². The number of aryl methyl sites for hydroxylation is 1. The van der Waals surface area contributed by atoms with Crippen LogP contribution in [-0.2, 0) is 6.42 Å². The molecule has 16 heavy (non-hydrogen) atoms. The molecule has 0 fully saturated rings. The molecule has 5 heteroatoms. The van der Waals surface area contributed by atoms with Gasteiger partial charge in [0.2, 0.25) is 5.89 Å². The first-order valence-corrected chi connectivity index (χ1v) is 5.79. The lowest BCUT2D eigenvalue weighted by Gasteiger charge is -1.97. The van der Waals surface area contributed by atoms with Gasteiger partial charge in [-0.1, -0.05) is 39.0 Å². The maximum Gasteiger partial charge on any atom is 0.393 e. The lowest BCUT2D eigenvalue weighted by Crippen LogP contribution is -1.95. The van der Waals surface area contributed by atoms with Crippen LogP contribution in [0.15, 0.2) is 4.42 Å². The molecule has 0 radical (unpaired) electrons. The van der Waals surface area contributed by atoms with E-state index >= 15 is 0 Å². The van der Waals surface area contributed by atoms with Crippen molar-refractivity contribution in [3.63, 3.8) is 0 Å². The van der Waals surface area contributed by atoms with Gasteiger partial charge in [-0.3, -0.25) is 0 Å². The quantitative estimate of drug-likeness (QED) is 0.689. The summed E-state index contributed by atoms with van der Waals surface area (Å²) < 4.78 is 4.95. The van der Waals surface area contributed by atoms with Crippen LogP contribution in [0.5, 0.6) is 0 Å². The minimum atomic E-state index is -1.17. The number of carboxylic acid groups (broad SMARTS) is 1. The highest BCUT2D eigenvalue weighted by atomic mass is 16.4. The smallest absolute Gasteiger partial charge is 0.393 e. The van der Waals surface area contributed by atoms with Gasteiger partial charge in [0.25, 0.3) is 0 Å². The Balaban J connectivity index is 2.14. The highest BCUT2D eigenvalue weighted by molar-refractivity contribution is 5.81. The van der Waals surface area contributed by atoms with Gasteiger partial charge >= 0.3 is 11.9 Å². The second-order valence-corrected chi connectivity index (χ2v) is 3.82. The second kappa shape index (κ2) is 6.98. The van der Waals surface area contributed by atoms with Gasteiger partial charge in [-0.2, -0.15) is 0 Å². The average molecular weight is 226 g/mol. The lowest BCUT2D eigenvalue weighted by molar-refractivity contribution is 0.0651. The molecule has 1 N–H and O–H groups in total. The summed E-state index contributed by atoms with van der Waals surface area (Å²) in [4.78, 5) is 10.5. The predicted octanol–water partition coefficient (Wildman–Crippen LogP) is 2.67. The van der Waals surface area contributed by atoms with Crippen molar-refractivity contribution >= 4 is 5.97 Å². The Labute approximate surface area is 94.9 Å². The highest BCUT2D eigenvalue weighted by Gasteiger charge is 2.12. The van der Waals surface area contributed by atoms with Gasteiger partial charge < -0.3 is 9.52 Å². The monoisotopic (exact) mass is 226 g/mol. The maximum absolute atomic E-state index is 10.5. The lowest BCUT2D eigenvalue weighted by atomic mass is 10.1. The number of nitrogens with zero attached hydrogens (tertiary/aromatic N) is 2. The molecule has 0 atom stereocenters. The number of carboxylic acids is 1. The van der Waals surface area contributed by atoms with Crippen LogP contribution in [0.2, 0.25) is 0 Å². The predicted molar refractivity (Wildman–Crippen MR) is 58.3 cm³/mol. The molecule has 0 aromatic carbocycles. The van der Waals surface area contributed by atoms with Crippen LogP contribution in [0.25, 0.3) is 0 Å². The summed E-state index contributed by atoms with van der Waals surface area (Å²) in [5.74, 6) is -1.06. The van der Waals surface area contributed by atoms with Crippen molar-refractivity contribution in [1.29, 1.82) is 0 Å². The normalized spacial score (nSPS) is 10.6. The molecule has 0 saturated carbocycles. The molecule has 0 saturated heterocycles. The first-order valence-electron chi connectivity index (χ1n) is 5.79. The summed E-state index contributed by atoms with van der Waals surface area (Å²) in [6, 6.07) is 0. The van der Waals surface area contributed by atoms with Crippen LogP contribution in [0.4, 0.5) is 0 Å². The van der Waals surface area contributed by atoms with E-state index in [0.717, 1.165) is 12.8 Å². The summed E-state index contributed by atoms with van der Waals surface area (Å²) >= 11 is 0. The third-order valence-corrected chi connectivity index (χ3v) is 2.39. The SMILES string of the molecule is CCCCCCCCc1nnc(C(=O)O)o1. The van der Waals surface area contributed by atoms with Crippen molar-refractivity contribution in [2.45, 2.75) is 51.9 Å². The third-order valence-electron chi connectivity index (χ3n) is 2.39. The Bertz CT molecular complexity index is 323. The van der Waals surface area contributed by atoms with E-state index in [1.54, 1.807) is 0 Å². The van der Waals surface area contributed by atoms with Gasteiger partial charge in [-0.25, -0.2) is 4.79 Å². The molecule has 1 aromatic heterocycles. The van der Waals surface area contributed by atoms with E-state index in [2.05, 4.69) is 17.1 Å². The third kappa shape index (κ3) is 4.42. The summed E-state index contributed by atoms with van der Waals surface area (Å²) in [6.07, 6.45) is 7.78. The van der Waals surface area contributed by atoms with Crippen molar-refractivity contribution in [3.05, 3.63) is 11.8 Å². The largest absolute Gasteiger partial charge is 0.474 e. The molecule has 0 spiro atoms. The second-order valence-electron chi connectivity index (χ2n) is 3.82. The van der Waals surface area contributed by atoms with Crippen LogP contribution >= 0.6 is 0 Å². The average Bonchev–Trinajstić information content (AvgIpc) is 2.72. The highest BCUT2D eigenvalue weighted by Crippen LogP contribution is 2.09. The van der Waals surface area contributed by atoms with E-state index in [4.69, 9.17) is 9.52 Å². The fourth-order valence-corrected chi connectivity index (χ4v) is 1.50. The van der Waals surface area contributed by atoms with Crippen LogP contribution in [0.1, 0.15) is 62.0 Å². The van der Waals surface area contributed by atoms with Crippen LogP contribution in [-0.4, -0.2) is 21.3 Å². The number of aromatic nitrogens is 2. The van der Waals surface area contributed by atoms with Crippen molar-refractivity contribution in [2.24, 2.45) is 0 Å². The number of hydrogen-bond acceptors (Lipinski definition) is 4. The molecule has 90 valence electrons. The topological polar surface area (TPSA) is 76.2 Å². The molecule has 5 nitrogen and oxygen atoms in total. The Kier molecular flexibility index (Phi) is 5.53. The van der Waals surface area contributed by atoms with Crippen molar-refractivity contribution in [3.8, 4) is 0 Å². The summed E-state index contributed by atoms with van der Waals surface area (Å²) in [5, 5.41) is 15.7. The van der Waals surface area contributed by atoms with E-state index in [0.29, 0.717) is 12.3 Å². The minimum absolute atomic E-state index is 0.319. The summed E-state index contributed by atoms with van der Waals surface area (Å²) in [5.41, 5.74) is 0. The van der Waals surface area contributed by atoms with E-state index in [9.17, 15) is 4.79 Å².